The van der Waals surface area contributed by atoms with Crippen LogP contribution in [0.2, 0.25) is 0 Å². The van der Waals surface area contributed by atoms with Crippen LogP contribution in [0, 0.1) is 0 Å². The maximum absolute atomic E-state index is 6.02. The monoisotopic (exact) mass is 288 g/mol. The topological polar surface area (TPSA) is 52.0 Å². The molecule has 21 heavy (non-hydrogen) atoms. The quantitative estimate of drug-likeness (QED) is 0.851. The van der Waals surface area contributed by atoms with E-state index in [4.69, 9.17) is 4.74 Å². The van der Waals surface area contributed by atoms with Gasteiger partial charge in [-0.05, 0) is 26.3 Å². The Morgan fingerprint density at radius 2 is 1.90 bits per heavy atom. The smallest absolute Gasteiger partial charge is 0.167 e. The third-order valence-electron chi connectivity index (χ3n) is 3.22. The van der Waals surface area contributed by atoms with Gasteiger partial charge in [-0.3, -0.25) is 4.68 Å². The first-order valence-electron chi connectivity index (χ1n) is 7.35. The van der Waals surface area contributed by atoms with Gasteiger partial charge in [0.1, 0.15) is 6.33 Å². The number of aromatic nitrogens is 3. The SMILES string of the molecule is CC(C)O[C@H](CN[C@H](C)c1ncn(C)n1)c1ccccc1. The number of aryl methyl sites for hydroxylation is 1. The summed E-state index contributed by atoms with van der Waals surface area (Å²) in [6.07, 6.45) is 1.92. The van der Waals surface area contributed by atoms with Crippen molar-refractivity contribution in [1.82, 2.24) is 20.1 Å². The van der Waals surface area contributed by atoms with E-state index in [-0.39, 0.29) is 18.2 Å². The molecule has 0 spiro atoms. The summed E-state index contributed by atoms with van der Waals surface area (Å²) >= 11 is 0. The van der Waals surface area contributed by atoms with Crippen LogP contribution in [0.3, 0.4) is 0 Å². The number of rotatable bonds is 7. The van der Waals surface area contributed by atoms with E-state index in [1.165, 1.54) is 5.56 Å². The van der Waals surface area contributed by atoms with Gasteiger partial charge < -0.3 is 10.1 Å². The lowest BCUT2D eigenvalue weighted by atomic mass is 10.1. The van der Waals surface area contributed by atoms with E-state index in [0.29, 0.717) is 0 Å². The van der Waals surface area contributed by atoms with Gasteiger partial charge in [-0.25, -0.2) is 4.98 Å². The first kappa shape index (κ1) is 15.7. The van der Waals surface area contributed by atoms with Crippen LogP contribution >= 0.6 is 0 Å². The summed E-state index contributed by atoms with van der Waals surface area (Å²) < 4.78 is 7.73. The van der Waals surface area contributed by atoms with Crippen molar-refractivity contribution in [3.8, 4) is 0 Å². The molecule has 0 radical (unpaired) electrons. The summed E-state index contributed by atoms with van der Waals surface area (Å²) in [7, 11) is 1.87. The number of ether oxygens (including phenoxy) is 1. The van der Waals surface area contributed by atoms with Crippen molar-refractivity contribution in [1.29, 1.82) is 0 Å². The fraction of sp³-hybridized carbons (Fsp3) is 0.500. The zero-order valence-corrected chi connectivity index (χ0v) is 13.2. The molecule has 2 rings (SSSR count). The molecule has 1 N–H and O–H groups in total. The zero-order valence-electron chi connectivity index (χ0n) is 13.2. The van der Waals surface area contributed by atoms with Crippen molar-refractivity contribution >= 4 is 0 Å². The molecular weight excluding hydrogens is 264 g/mol. The summed E-state index contributed by atoms with van der Waals surface area (Å²) in [5.74, 6) is 0.800. The summed E-state index contributed by atoms with van der Waals surface area (Å²) in [5.41, 5.74) is 1.18. The number of nitrogens with one attached hydrogen (secondary N) is 1. The molecule has 0 aliphatic rings. The predicted molar refractivity (Wildman–Crippen MR) is 82.8 cm³/mol. The summed E-state index contributed by atoms with van der Waals surface area (Å²) in [5, 5.41) is 7.78. The second-order valence-electron chi connectivity index (χ2n) is 5.49. The normalized spacial score (nSPS) is 14.3. The molecule has 0 saturated carbocycles. The average molecular weight is 288 g/mol. The number of benzene rings is 1. The highest BCUT2D eigenvalue weighted by Gasteiger charge is 2.16. The third-order valence-corrected chi connectivity index (χ3v) is 3.22. The molecule has 0 aliphatic heterocycles. The molecule has 1 aromatic carbocycles. The highest BCUT2D eigenvalue weighted by Crippen LogP contribution is 2.19. The van der Waals surface area contributed by atoms with Gasteiger partial charge in [0.2, 0.25) is 0 Å². The lowest BCUT2D eigenvalue weighted by Crippen LogP contribution is -2.28. The average Bonchev–Trinajstić information content (AvgIpc) is 2.90. The fourth-order valence-corrected chi connectivity index (χ4v) is 2.17. The van der Waals surface area contributed by atoms with Crippen LogP contribution in [-0.2, 0) is 11.8 Å². The first-order chi connectivity index (χ1) is 10.1. The molecule has 0 amide bonds. The molecule has 0 fully saturated rings. The third kappa shape index (κ3) is 4.65. The van der Waals surface area contributed by atoms with Crippen molar-refractivity contribution in [2.24, 2.45) is 7.05 Å². The molecule has 2 atom stereocenters. The number of hydrogen-bond donors (Lipinski definition) is 1. The molecule has 2 aromatic rings. The molecule has 1 heterocycles. The molecule has 114 valence electrons. The van der Waals surface area contributed by atoms with Crippen molar-refractivity contribution in [2.75, 3.05) is 6.54 Å². The molecule has 0 unspecified atom stereocenters. The second kappa shape index (κ2) is 7.33. The molecule has 0 bridgehead atoms. The van der Waals surface area contributed by atoms with E-state index in [2.05, 4.69) is 48.3 Å². The van der Waals surface area contributed by atoms with Gasteiger partial charge in [0.05, 0.1) is 18.2 Å². The van der Waals surface area contributed by atoms with Crippen LogP contribution in [0.15, 0.2) is 36.7 Å². The van der Waals surface area contributed by atoms with Crippen LogP contribution in [-0.4, -0.2) is 27.4 Å². The van der Waals surface area contributed by atoms with Gasteiger partial charge >= 0.3 is 0 Å². The van der Waals surface area contributed by atoms with Crippen LogP contribution in [0.25, 0.3) is 0 Å². The summed E-state index contributed by atoms with van der Waals surface area (Å²) in [6, 6.07) is 10.4. The van der Waals surface area contributed by atoms with Crippen molar-refractivity contribution in [3.05, 3.63) is 48.0 Å². The lowest BCUT2D eigenvalue weighted by Gasteiger charge is -2.23. The van der Waals surface area contributed by atoms with Gasteiger partial charge in [-0.2, -0.15) is 5.10 Å². The molecule has 0 aliphatic carbocycles. The van der Waals surface area contributed by atoms with Gasteiger partial charge in [-0.1, -0.05) is 30.3 Å². The van der Waals surface area contributed by atoms with Crippen LogP contribution in [0.4, 0.5) is 0 Å². The summed E-state index contributed by atoms with van der Waals surface area (Å²) in [4.78, 5) is 4.28. The standard InChI is InChI=1S/C16H24N4O/c1-12(2)21-15(14-8-6-5-7-9-14)10-17-13(3)16-18-11-20(4)19-16/h5-9,11-13,15,17H,10H2,1-4H3/t13-,15-/m1/s1. The maximum atomic E-state index is 6.02. The Kier molecular flexibility index (Phi) is 5.47. The predicted octanol–water partition coefficient (Wildman–Crippen LogP) is 2.63. The lowest BCUT2D eigenvalue weighted by molar-refractivity contribution is 0.00578. The highest BCUT2D eigenvalue weighted by atomic mass is 16.5. The Bertz CT molecular complexity index is 538. The van der Waals surface area contributed by atoms with Gasteiger partial charge in [0, 0.05) is 13.6 Å². The van der Waals surface area contributed by atoms with Crippen LogP contribution < -0.4 is 5.32 Å². The molecule has 0 saturated heterocycles. The Morgan fingerprint density at radius 3 is 2.48 bits per heavy atom. The summed E-state index contributed by atoms with van der Waals surface area (Å²) in [6.45, 7) is 6.90. The Morgan fingerprint density at radius 1 is 1.19 bits per heavy atom. The van der Waals surface area contributed by atoms with Crippen molar-refractivity contribution in [2.45, 2.75) is 39.0 Å². The first-order valence-corrected chi connectivity index (χ1v) is 7.35. The minimum absolute atomic E-state index is 0.0253. The zero-order chi connectivity index (χ0) is 15.2. The maximum Gasteiger partial charge on any atom is 0.167 e. The number of hydrogen-bond acceptors (Lipinski definition) is 4. The molecule has 1 aromatic heterocycles. The van der Waals surface area contributed by atoms with E-state index in [9.17, 15) is 0 Å². The largest absolute Gasteiger partial charge is 0.370 e. The number of nitrogens with zero attached hydrogens (tertiary/aromatic N) is 3. The van der Waals surface area contributed by atoms with Crippen molar-refractivity contribution < 1.29 is 4.74 Å². The van der Waals surface area contributed by atoms with E-state index in [1.54, 1.807) is 11.0 Å². The van der Waals surface area contributed by atoms with E-state index in [0.717, 1.165) is 12.4 Å². The molecular formula is C16H24N4O. The van der Waals surface area contributed by atoms with Gasteiger partial charge in [0.15, 0.2) is 5.82 Å². The Balaban J connectivity index is 1.99. The van der Waals surface area contributed by atoms with Gasteiger partial charge in [0.25, 0.3) is 0 Å². The van der Waals surface area contributed by atoms with Crippen LogP contribution in [0.5, 0.6) is 0 Å². The second-order valence-corrected chi connectivity index (χ2v) is 5.49. The van der Waals surface area contributed by atoms with E-state index >= 15 is 0 Å². The minimum atomic E-state index is 0.0253. The van der Waals surface area contributed by atoms with Crippen molar-refractivity contribution in [3.63, 3.8) is 0 Å². The van der Waals surface area contributed by atoms with E-state index < -0.39 is 0 Å². The highest BCUT2D eigenvalue weighted by molar-refractivity contribution is 5.18. The van der Waals surface area contributed by atoms with E-state index in [1.807, 2.05) is 25.2 Å². The van der Waals surface area contributed by atoms with Gasteiger partial charge in [-0.15, -0.1) is 0 Å². The van der Waals surface area contributed by atoms with Crippen LogP contribution in [0.1, 0.15) is 44.3 Å². The fourth-order valence-electron chi connectivity index (χ4n) is 2.17. The molecule has 5 nitrogen and oxygen atoms in total. The Labute approximate surface area is 126 Å². The Hall–Kier alpha value is -1.72. The molecule has 5 heteroatoms. The minimum Gasteiger partial charge on any atom is -0.370 e.